The molecule has 82 valence electrons. The molecule has 0 saturated heterocycles. The van der Waals surface area contributed by atoms with Gasteiger partial charge in [-0.25, -0.2) is 0 Å². The van der Waals surface area contributed by atoms with Crippen LogP contribution in [0, 0.1) is 11.5 Å². The fourth-order valence-corrected chi connectivity index (χ4v) is 1.78. The third kappa shape index (κ3) is 2.51. The van der Waals surface area contributed by atoms with Crippen molar-refractivity contribution in [3.8, 4) is 6.19 Å². The van der Waals surface area contributed by atoms with E-state index in [0.29, 0.717) is 5.96 Å². The Labute approximate surface area is 95.2 Å². The summed E-state index contributed by atoms with van der Waals surface area (Å²) < 4.78 is 0. The van der Waals surface area contributed by atoms with Gasteiger partial charge in [-0.2, -0.15) is 5.26 Å². The standard InChI is InChI=1S/C12H14N4/c13-10-15-12-14-7-4-8-16(12)9-11-5-2-1-3-6-11/h1-3,5-6H,4,7-9H2,(H,14,15). The molecular weight excluding hydrogens is 200 g/mol. The van der Waals surface area contributed by atoms with Crippen LogP contribution < -0.4 is 5.32 Å². The molecule has 0 fully saturated rings. The van der Waals surface area contributed by atoms with E-state index >= 15 is 0 Å². The average Bonchev–Trinajstić information content (AvgIpc) is 2.33. The Hall–Kier alpha value is -2.02. The number of nitrogens with one attached hydrogen (secondary N) is 1. The fourth-order valence-electron chi connectivity index (χ4n) is 1.78. The summed E-state index contributed by atoms with van der Waals surface area (Å²) in [5.74, 6) is 0.692. The summed E-state index contributed by atoms with van der Waals surface area (Å²) in [4.78, 5) is 6.41. The Bertz CT molecular complexity index is 405. The molecule has 0 saturated carbocycles. The Balaban J connectivity index is 2.06. The fraction of sp³-hybridized carbons (Fsp3) is 0.333. The Morgan fingerprint density at radius 2 is 2.19 bits per heavy atom. The second-order valence-corrected chi connectivity index (χ2v) is 3.70. The first-order valence-corrected chi connectivity index (χ1v) is 5.38. The van der Waals surface area contributed by atoms with E-state index in [2.05, 4.69) is 27.3 Å². The van der Waals surface area contributed by atoms with E-state index < -0.39 is 0 Å². The topological polar surface area (TPSA) is 51.4 Å². The molecule has 1 aromatic carbocycles. The summed E-state index contributed by atoms with van der Waals surface area (Å²) in [5, 5.41) is 11.3. The number of aliphatic imine (C=N–C) groups is 1. The van der Waals surface area contributed by atoms with Crippen molar-refractivity contribution in [1.29, 1.82) is 5.26 Å². The second kappa shape index (κ2) is 5.17. The van der Waals surface area contributed by atoms with Crippen molar-refractivity contribution in [1.82, 2.24) is 10.2 Å². The van der Waals surface area contributed by atoms with Crippen molar-refractivity contribution in [3.05, 3.63) is 35.9 Å². The number of benzene rings is 1. The molecule has 1 N–H and O–H groups in total. The summed E-state index contributed by atoms with van der Waals surface area (Å²) >= 11 is 0. The lowest BCUT2D eigenvalue weighted by Gasteiger charge is -2.27. The summed E-state index contributed by atoms with van der Waals surface area (Å²) in [6.45, 7) is 2.55. The summed E-state index contributed by atoms with van der Waals surface area (Å²) in [6, 6.07) is 10.2. The lowest BCUT2D eigenvalue weighted by molar-refractivity contribution is 0.378. The quantitative estimate of drug-likeness (QED) is 0.596. The predicted molar refractivity (Wildman–Crippen MR) is 62.5 cm³/mol. The van der Waals surface area contributed by atoms with Gasteiger partial charge in [-0.1, -0.05) is 30.3 Å². The molecule has 4 heteroatoms. The van der Waals surface area contributed by atoms with Crippen molar-refractivity contribution in [2.24, 2.45) is 4.99 Å². The zero-order valence-electron chi connectivity index (χ0n) is 9.06. The van der Waals surface area contributed by atoms with Gasteiger partial charge in [0.1, 0.15) is 0 Å². The molecule has 4 nitrogen and oxygen atoms in total. The van der Waals surface area contributed by atoms with E-state index in [9.17, 15) is 0 Å². The minimum absolute atomic E-state index is 0.692. The van der Waals surface area contributed by atoms with Crippen LogP contribution in [0.4, 0.5) is 0 Å². The van der Waals surface area contributed by atoms with Crippen LogP contribution in [0.3, 0.4) is 0 Å². The van der Waals surface area contributed by atoms with Crippen LogP contribution in [-0.4, -0.2) is 23.9 Å². The van der Waals surface area contributed by atoms with E-state index in [-0.39, 0.29) is 0 Å². The first-order valence-electron chi connectivity index (χ1n) is 5.38. The van der Waals surface area contributed by atoms with E-state index in [1.807, 2.05) is 24.4 Å². The van der Waals surface area contributed by atoms with Gasteiger partial charge >= 0.3 is 0 Å². The highest BCUT2D eigenvalue weighted by molar-refractivity contribution is 5.81. The van der Waals surface area contributed by atoms with Crippen LogP contribution in [-0.2, 0) is 6.54 Å². The van der Waals surface area contributed by atoms with Gasteiger partial charge in [0.05, 0.1) is 0 Å². The highest BCUT2D eigenvalue weighted by atomic mass is 15.3. The van der Waals surface area contributed by atoms with Gasteiger partial charge in [0, 0.05) is 19.6 Å². The SMILES string of the molecule is N#CNC1=NCCCN1Cc1ccccc1. The van der Waals surface area contributed by atoms with Crippen LogP contribution in [0.5, 0.6) is 0 Å². The van der Waals surface area contributed by atoms with Crippen molar-refractivity contribution in [2.75, 3.05) is 13.1 Å². The van der Waals surface area contributed by atoms with Crippen molar-refractivity contribution in [2.45, 2.75) is 13.0 Å². The zero-order chi connectivity index (χ0) is 11.2. The Morgan fingerprint density at radius 3 is 2.94 bits per heavy atom. The third-order valence-corrected chi connectivity index (χ3v) is 2.53. The monoisotopic (exact) mass is 214 g/mol. The summed E-state index contributed by atoms with van der Waals surface area (Å²) in [7, 11) is 0. The molecule has 0 atom stereocenters. The first-order chi connectivity index (χ1) is 7.90. The number of nitrogens with zero attached hydrogens (tertiary/aromatic N) is 3. The minimum Gasteiger partial charge on any atom is -0.338 e. The maximum atomic E-state index is 8.63. The molecule has 1 heterocycles. The highest BCUT2D eigenvalue weighted by Gasteiger charge is 2.14. The number of guanidine groups is 1. The minimum atomic E-state index is 0.692. The molecule has 0 radical (unpaired) electrons. The summed E-state index contributed by atoms with van der Waals surface area (Å²) in [6.07, 6.45) is 2.98. The van der Waals surface area contributed by atoms with Crippen LogP contribution in [0.25, 0.3) is 0 Å². The van der Waals surface area contributed by atoms with Crippen LogP contribution in [0.15, 0.2) is 35.3 Å². The van der Waals surface area contributed by atoms with Crippen molar-refractivity contribution >= 4 is 5.96 Å². The van der Waals surface area contributed by atoms with Crippen LogP contribution in [0.1, 0.15) is 12.0 Å². The molecule has 1 aromatic rings. The molecule has 16 heavy (non-hydrogen) atoms. The Morgan fingerprint density at radius 1 is 1.38 bits per heavy atom. The third-order valence-electron chi connectivity index (χ3n) is 2.53. The molecule has 1 aliphatic rings. The molecule has 0 aliphatic carbocycles. The number of rotatable bonds is 2. The molecule has 0 spiro atoms. The lowest BCUT2D eigenvalue weighted by Crippen LogP contribution is -2.42. The molecule has 2 rings (SSSR count). The van der Waals surface area contributed by atoms with E-state index in [4.69, 9.17) is 5.26 Å². The zero-order valence-corrected chi connectivity index (χ0v) is 9.06. The van der Waals surface area contributed by atoms with Gasteiger partial charge in [-0.05, 0) is 12.0 Å². The van der Waals surface area contributed by atoms with Crippen molar-refractivity contribution < 1.29 is 0 Å². The maximum Gasteiger partial charge on any atom is 0.207 e. The van der Waals surface area contributed by atoms with Gasteiger partial charge in [-0.15, -0.1) is 0 Å². The van der Waals surface area contributed by atoms with E-state index in [1.54, 1.807) is 0 Å². The highest BCUT2D eigenvalue weighted by Crippen LogP contribution is 2.08. The van der Waals surface area contributed by atoms with E-state index in [1.165, 1.54) is 5.56 Å². The molecule has 0 amide bonds. The van der Waals surface area contributed by atoms with Crippen LogP contribution in [0.2, 0.25) is 0 Å². The number of nitriles is 1. The predicted octanol–water partition coefficient (Wildman–Crippen LogP) is 1.32. The second-order valence-electron chi connectivity index (χ2n) is 3.70. The van der Waals surface area contributed by atoms with E-state index in [0.717, 1.165) is 26.1 Å². The normalized spacial score (nSPS) is 15.2. The molecule has 0 unspecified atom stereocenters. The average molecular weight is 214 g/mol. The van der Waals surface area contributed by atoms with Gasteiger partial charge in [0.25, 0.3) is 0 Å². The lowest BCUT2D eigenvalue weighted by atomic mass is 10.2. The van der Waals surface area contributed by atoms with Gasteiger partial charge < -0.3 is 4.90 Å². The number of hydrogen-bond donors (Lipinski definition) is 1. The van der Waals surface area contributed by atoms with Gasteiger partial charge in [-0.3, -0.25) is 10.3 Å². The first kappa shape index (κ1) is 10.5. The number of hydrogen-bond acceptors (Lipinski definition) is 4. The maximum absolute atomic E-state index is 8.63. The van der Waals surface area contributed by atoms with Gasteiger partial charge in [0.15, 0.2) is 6.19 Å². The van der Waals surface area contributed by atoms with Crippen LogP contribution >= 0.6 is 0 Å². The Kier molecular flexibility index (Phi) is 3.39. The largest absolute Gasteiger partial charge is 0.338 e. The smallest absolute Gasteiger partial charge is 0.207 e. The van der Waals surface area contributed by atoms with Gasteiger partial charge in [0.2, 0.25) is 5.96 Å². The molecule has 0 aromatic heterocycles. The summed E-state index contributed by atoms with van der Waals surface area (Å²) in [5.41, 5.74) is 1.23. The molecule has 0 bridgehead atoms. The molecular formula is C12H14N4. The molecule has 1 aliphatic heterocycles. The van der Waals surface area contributed by atoms with Crippen molar-refractivity contribution in [3.63, 3.8) is 0 Å².